The second-order valence-corrected chi connectivity index (χ2v) is 8.63. The topological polar surface area (TPSA) is 47.0 Å². The van der Waals surface area contributed by atoms with Gasteiger partial charge in [-0.15, -0.1) is 24.0 Å². The molecule has 174 valence electrons. The van der Waals surface area contributed by atoms with Crippen LogP contribution in [0.2, 0.25) is 0 Å². The summed E-state index contributed by atoms with van der Waals surface area (Å²) >= 11 is 0. The summed E-state index contributed by atoms with van der Waals surface area (Å²) < 4.78 is 0. The van der Waals surface area contributed by atoms with Crippen molar-refractivity contribution >= 4 is 35.8 Å². The zero-order chi connectivity index (χ0) is 21.5. The minimum absolute atomic E-state index is 0. The molecule has 1 aromatic heterocycles. The third-order valence-electron chi connectivity index (χ3n) is 6.57. The second-order valence-electron chi connectivity index (χ2n) is 8.63. The lowest BCUT2D eigenvalue weighted by Gasteiger charge is -2.34. The van der Waals surface area contributed by atoms with Gasteiger partial charge in [0, 0.05) is 59.1 Å². The lowest BCUT2D eigenvalue weighted by molar-refractivity contribution is 0.270. The Labute approximate surface area is 210 Å². The summed E-state index contributed by atoms with van der Waals surface area (Å²) in [5.74, 6) is 2.79. The molecule has 3 heterocycles. The molecular formula is C25H37IN6. The van der Waals surface area contributed by atoms with Crippen LogP contribution in [-0.4, -0.2) is 73.6 Å². The fraction of sp³-hybridized carbons (Fsp3) is 0.520. The van der Waals surface area contributed by atoms with E-state index in [1.807, 2.05) is 13.2 Å². The number of nitrogens with one attached hydrogen (secondary N) is 1. The molecule has 1 N–H and O–H groups in total. The van der Waals surface area contributed by atoms with Gasteiger partial charge in [-0.25, -0.2) is 4.98 Å². The first-order valence-electron chi connectivity index (χ1n) is 11.7. The summed E-state index contributed by atoms with van der Waals surface area (Å²) in [7, 11) is 1.89. The molecule has 0 aliphatic carbocycles. The molecule has 1 aromatic carbocycles. The molecule has 6 nitrogen and oxygen atoms in total. The van der Waals surface area contributed by atoms with Crippen LogP contribution in [0.3, 0.4) is 0 Å². The van der Waals surface area contributed by atoms with Crippen LogP contribution in [0.4, 0.5) is 5.82 Å². The van der Waals surface area contributed by atoms with Crippen LogP contribution in [0.5, 0.6) is 0 Å². The van der Waals surface area contributed by atoms with Crippen molar-refractivity contribution in [2.24, 2.45) is 10.9 Å². The number of anilines is 1. The Morgan fingerprint density at radius 3 is 2.56 bits per heavy atom. The molecule has 2 fully saturated rings. The quantitative estimate of drug-likeness (QED) is 0.341. The summed E-state index contributed by atoms with van der Waals surface area (Å²) in [6, 6.07) is 15.2. The van der Waals surface area contributed by atoms with Gasteiger partial charge in [0.2, 0.25) is 0 Å². The number of hydrogen-bond donors (Lipinski definition) is 1. The number of benzene rings is 1. The Hall–Kier alpha value is -1.87. The molecule has 2 aromatic rings. The van der Waals surface area contributed by atoms with E-state index in [0.29, 0.717) is 5.92 Å². The third kappa shape index (κ3) is 6.57. The Morgan fingerprint density at radius 2 is 1.84 bits per heavy atom. The van der Waals surface area contributed by atoms with Gasteiger partial charge in [-0.05, 0) is 48.6 Å². The molecule has 0 spiro atoms. The molecule has 2 saturated heterocycles. The van der Waals surface area contributed by atoms with Crippen LogP contribution >= 0.6 is 24.0 Å². The zero-order valence-corrected chi connectivity index (χ0v) is 21.7. The number of rotatable bonds is 6. The maximum absolute atomic E-state index is 4.63. The molecule has 1 unspecified atom stereocenters. The van der Waals surface area contributed by atoms with Gasteiger partial charge in [-0.2, -0.15) is 0 Å². The van der Waals surface area contributed by atoms with Gasteiger partial charge < -0.3 is 20.0 Å². The van der Waals surface area contributed by atoms with Crippen molar-refractivity contribution in [3.63, 3.8) is 0 Å². The minimum Gasteiger partial charge on any atom is -0.354 e. The lowest BCUT2D eigenvalue weighted by atomic mass is 9.99. The van der Waals surface area contributed by atoms with E-state index < -0.39 is 0 Å². The molecule has 32 heavy (non-hydrogen) atoms. The fourth-order valence-electron chi connectivity index (χ4n) is 4.69. The molecule has 2 aliphatic heterocycles. The van der Waals surface area contributed by atoms with Crippen LogP contribution in [0, 0.1) is 5.92 Å². The van der Waals surface area contributed by atoms with E-state index in [2.05, 4.69) is 79.4 Å². The van der Waals surface area contributed by atoms with E-state index in [1.54, 1.807) is 0 Å². The maximum atomic E-state index is 4.63. The summed E-state index contributed by atoms with van der Waals surface area (Å²) in [4.78, 5) is 16.5. The smallest absolute Gasteiger partial charge is 0.193 e. The van der Waals surface area contributed by atoms with Crippen molar-refractivity contribution in [1.82, 2.24) is 20.1 Å². The van der Waals surface area contributed by atoms with Crippen LogP contribution in [-0.2, 0) is 13.0 Å². The molecule has 2 aliphatic rings. The van der Waals surface area contributed by atoms with E-state index in [-0.39, 0.29) is 24.0 Å². The Kier molecular flexibility index (Phi) is 9.59. The van der Waals surface area contributed by atoms with E-state index >= 15 is 0 Å². The highest BCUT2D eigenvalue weighted by Crippen LogP contribution is 2.21. The number of likely N-dealkylation sites (tertiary alicyclic amines) is 1. The third-order valence-corrected chi connectivity index (χ3v) is 6.57. The molecule has 1 atom stereocenters. The SMILES string of the molecule is CCN1CCN(c2cc(CNC(=NC)N3CCC(Cc4ccccc4)C3)ccn2)CC1.I. The Balaban J connectivity index is 0.00000289. The first-order chi connectivity index (χ1) is 15.2. The van der Waals surface area contributed by atoms with Crippen molar-refractivity contribution in [3.8, 4) is 0 Å². The monoisotopic (exact) mass is 548 g/mol. The van der Waals surface area contributed by atoms with E-state index in [1.165, 1.54) is 17.5 Å². The summed E-state index contributed by atoms with van der Waals surface area (Å²) in [6.45, 7) is 10.6. The number of guanidine groups is 1. The first-order valence-corrected chi connectivity index (χ1v) is 11.7. The molecule has 7 heteroatoms. The molecule has 0 bridgehead atoms. The van der Waals surface area contributed by atoms with Gasteiger partial charge in [0.05, 0.1) is 0 Å². The van der Waals surface area contributed by atoms with E-state index in [0.717, 1.165) is 70.6 Å². The number of nitrogens with zero attached hydrogens (tertiary/aromatic N) is 5. The second kappa shape index (κ2) is 12.4. The van der Waals surface area contributed by atoms with Crippen LogP contribution in [0.15, 0.2) is 53.7 Å². The predicted octanol–water partition coefficient (Wildman–Crippen LogP) is 3.48. The summed E-state index contributed by atoms with van der Waals surface area (Å²) in [5, 5.41) is 3.58. The van der Waals surface area contributed by atoms with E-state index in [4.69, 9.17) is 0 Å². The first kappa shape index (κ1) is 24.8. The molecule has 0 amide bonds. The average molecular weight is 549 g/mol. The standard InChI is InChI=1S/C25H36N6.HI/c1-3-29-13-15-30(16-14-29)24-18-22(9-11-27-24)19-28-25(26-2)31-12-10-23(20-31)17-21-7-5-4-6-8-21;/h4-9,11,18,23H,3,10,12-17,19-20H2,1-2H3,(H,26,28);1H. The molecule has 4 rings (SSSR count). The van der Waals surface area contributed by atoms with Crippen molar-refractivity contribution < 1.29 is 0 Å². The van der Waals surface area contributed by atoms with Crippen molar-refractivity contribution in [3.05, 3.63) is 59.8 Å². The summed E-state index contributed by atoms with van der Waals surface area (Å²) in [6.07, 6.45) is 4.30. The lowest BCUT2D eigenvalue weighted by Crippen LogP contribution is -2.46. The number of piperazine rings is 1. The summed E-state index contributed by atoms with van der Waals surface area (Å²) in [5.41, 5.74) is 2.69. The molecule has 0 saturated carbocycles. The molecule has 0 radical (unpaired) electrons. The number of pyridine rings is 1. The maximum Gasteiger partial charge on any atom is 0.193 e. The van der Waals surface area contributed by atoms with Gasteiger partial charge >= 0.3 is 0 Å². The van der Waals surface area contributed by atoms with Crippen molar-refractivity contribution in [1.29, 1.82) is 0 Å². The number of aromatic nitrogens is 1. The van der Waals surface area contributed by atoms with Crippen LogP contribution < -0.4 is 10.2 Å². The normalized spacial score (nSPS) is 19.7. The minimum atomic E-state index is 0. The molecular weight excluding hydrogens is 511 g/mol. The number of halogens is 1. The largest absolute Gasteiger partial charge is 0.354 e. The van der Waals surface area contributed by atoms with Gasteiger partial charge in [-0.3, -0.25) is 4.99 Å². The van der Waals surface area contributed by atoms with Crippen molar-refractivity contribution in [2.75, 3.05) is 57.8 Å². The highest BCUT2D eigenvalue weighted by atomic mass is 127. The Bertz CT molecular complexity index is 851. The van der Waals surface area contributed by atoms with Gasteiger partial charge in [-0.1, -0.05) is 37.3 Å². The number of likely N-dealkylation sites (N-methyl/N-ethyl adjacent to an activating group) is 1. The van der Waals surface area contributed by atoms with Crippen LogP contribution in [0.1, 0.15) is 24.5 Å². The Morgan fingerprint density at radius 1 is 1.06 bits per heavy atom. The van der Waals surface area contributed by atoms with E-state index in [9.17, 15) is 0 Å². The van der Waals surface area contributed by atoms with Gasteiger partial charge in [0.25, 0.3) is 0 Å². The van der Waals surface area contributed by atoms with Gasteiger partial charge in [0.15, 0.2) is 5.96 Å². The highest BCUT2D eigenvalue weighted by molar-refractivity contribution is 14.0. The van der Waals surface area contributed by atoms with Gasteiger partial charge in [0.1, 0.15) is 5.82 Å². The van der Waals surface area contributed by atoms with Crippen LogP contribution in [0.25, 0.3) is 0 Å². The number of aliphatic imine (C=N–C) groups is 1. The number of hydrogen-bond acceptors (Lipinski definition) is 4. The fourth-order valence-corrected chi connectivity index (χ4v) is 4.69. The zero-order valence-electron chi connectivity index (χ0n) is 19.4. The van der Waals surface area contributed by atoms with Crippen molar-refractivity contribution in [2.45, 2.75) is 26.3 Å². The average Bonchev–Trinajstić information content (AvgIpc) is 3.28. The highest BCUT2D eigenvalue weighted by Gasteiger charge is 2.25. The predicted molar refractivity (Wildman–Crippen MR) is 144 cm³/mol.